The van der Waals surface area contributed by atoms with Crippen LogP contribution in [0.3, 0.4) is 0 Å². The van der Waals surface area contributed by atoms with Crippen LogP contribution in [0.15, 0.2) is 30.3 Å². The number of nitrogens with one attached hydrogen (secondary N) is 1. The van der Waals surface area contributed by atoms with Crippen molar-refractivity contribution in [1.29, 1.82) is 0 Å². The molecule has 164 valence electrons. The topological polar surface area (TPSA) is 82.6 Å². The highest BCUT2D eigenvalue weighted by Crippen LogP contribution is 2.39. The van der Waals surface area contributed by atoms with Gasteiger partial charge in [0.15, 0.2) is 16.5 Å². The largest absolute Gasteiger partial charge is 0.490 e. The van der Waals surface area contributed by atoms with Gasteiger partial charge >= 0.3 is 0 Å². The number of carbonyl (C=O) groups excluding carboxylic acids is 1. The Hall–Kier alpha value is -2.55. The van der Waals surface area contributed by atoms with E-state index >= 15 is 0 Å². The lowest BCUT2D eigenvalue weighted by Crippen LogP contribution is -2.13. The highest BCUT2D eigenvalue weighted by Gasteiger charge is 2.20. The molecule has 0 spiro atoms. The van der Waals surface area contributed by atoms with E-state index in [4.69, 9.17) is 37.4 Å². The molecule has 3 rings (SSSR count). The normalized spacial score (nSPS) is 10.6. The van der Waals surface area contributed by atoms with Crippen LogP contribution in [-0.2, 0) is 0 Å². The van der Waals surface area contributed by atoms with Crippen LogP contribution in [0.5, 0.6) is 17.2 Å². The van der Waals surface area contributed by atoms with E-state index in [-0.39, 0.29) is 5.91 Å². The van der Waals surface area contributed by atoms with Gasteiger partial charge in [-0.15, -0.1) is 10.2 Å². The first-order valence-corrected chi connectivity index (χ1v) is 11.2. The predicted octanol–water partition coefficient (Wildman–Crippen LogP) is 5.96. The second-order valence-electron chi connectivity index (χ2n) is 6.09. The maximum atomic E-state index is 12.9. The van der Waals surface area contributed by atoms with E-state index < -0.39 is 0 Å². The summed E-state index contributed by atoms with van der Waals surface area (Å²) in [5.74, 6) is 0.964. The first kappa shape index (κ1) is 23.1. The molecule has 0 atom stereocenters. The number of ether oxygens (including phenoxy) is 3. The van der Waals surface area contributed by atoms with E-state index in [0.29, 0.717) is 68.4 Å². The van der Waals surface area contributed by atoms with Crippen LogP contribution in [0.2, 0.25) is 10.0 Å². The van der Waals surface area contributed by atoms with E-state index in [1.165, 1.54) is 11.3 Å². The van der Waals surface area contributed by atoms with Crippen molar-refractivity contribution < 1.29 is 19.0 Å². The van der Waals surface area contributed by atoms with E-state index in [9.17, 15) is 4.79 Å². The minimum absolute atomic E-state index is 0.329. The molecule has 0 saturated heterocycles. The van der Waals surface area contributed by atoms with Gasteiger partial charge in [-0.2, -0.15) is 0 Å². The van der Waals surface area contributed by atoms with Crippen molar-refractivity contribution in [2.45, 2.75) is 20.8 Å². The van der Waals surface area contributed by atoms with Crippen molar-refractivity contribution in [3.63, 3.8) is 0 Å². The van der Waals surface area contributed by atoms with Crippen LogP contribution in [0, 0.1) is 0 Å². The average Bonchev–Trinajstić information content (AvgIpc) is 3.18. The number of amides is 1. The molecule has 0 aliphatic rings. The zero-order chi connectivity index (χ0) is 22.4. The Morgan fingerprint density at radius 3 is 2.19 bits per heavy atom. The number of anilines is 1. The fraction of sp³-hybridized carbons (Fsp3) is 0.286. The number of aromatic nitrogens is 2. The third-order valence-electron chi connectivity index (χ3n) is 3.98. The molecule has 1 amide bonds. The van der Waals surface area contributed by atoms with Gasteiger partial charge in [-0.3, -0.25) is 10.1 Å². The molecule has 1 N–H and O–H groups in total. The number of halogens is 2. The van der Waals surface area contributed by atoms with Crippen LogP contribution in [-0.4, -0.2) is 35.9 Å². The van der Waals surface area contributed by atoms with Crippen molar-refractivity contribution >= 4 is 45.6 Å². The molecule has 0 aliphatic carbocycles. The molecule has 0 bridgehead atoms. The number of rotatable bonds is 9. The predicted molar refractivity (Wildman–Crippen MR) is 123 cm³/mol. The van der Waals surface area contributed by atoms with Gasteiger partial charge in [-0.1, -0.05) is 34.5 Å². The number of nitrogens with zero attached hydrogens (tertiary/aromatic N) is 2. The summed E-state index contributed by atoms with van der Waals surface area (Å²) in [6.45, 7) is 6.84. The number of hydrogen-bond acceptors (Lipinski definition) is 7. The molecule has 0 radical (unpaired) electrons. The average molecular weight is 482 g/mol. The van der Waals surface area contributed by atoms with Gasteiger partial charge < -0.3 is 14.2 Å². The van der Waals surface area contributed by atoms with Crippen molar-refractivity contribution in [2.24, 2.45) is 0 Å². The van der Waals surface area contributed by atoms with Crippen molar-refractivity contribution in [1.82, 2.24) is 10.2 Å². The number of hydrogen-bond donors (Lipinski definition) is 1. The quantitative estimate of drug-likeness (QED) is 0.405. The fourth-order valence-corrected chi connectivity index (χ4v) is 4.07. The lowest BCUT2D eigenvalue weighted by molar-refractivity contribution is 0.102. The molecule has 31 heavy (non-hydrogen) atoms. The minimum Gasteiger partial charge on any atom is -0.490 e. The maximum absolute atomic E-state index is 12.9. The Labute approximate surface area is 194 Å². The van der Waals surface area contributed by atoms with Crippen LogP contribution < -0.4 is 19.5 Å². The second-order valence-corrected chi connectivity index (χ2v) is 7.91. The fourth-order valence-electron chi connectivity index (χ4n) is 2.73. The summed E-state index contributed by atoms with van der Waals surface area (Å²) < 4.78 is 17.0. The zero-order valence-corrected chi connectivity index (χ0v) is 19.5. The second kappa shape index (κ2) is 10.7. The van der Waals surface area contributed by atoms with E-state index in [1.54, 1.807) is 30.3 Å². The van der Waals surface area contributed by atoms with Crippen LogP contribution in [0.25, 0.3) is 10.6 Å². The highest BCUT2D eigenvalue weighted by atomic mass is 35.5. The summed E-state index contributed by atoms with van der Waals surface area (Å²) in [6.07, 6.45) is 0. The van der Waals surface area contributed by atoms with Gasteiger partial charge in [-0.25, -0.2) is 0 Å². The third-order valence-corrected chi connectivity index (χ3v) is 5.40. The SMILES string of the molecule is CCOc1cc(C(=O)Nc2nnc(-c3ccc(Cl)cc3Cl)s2)cc(OCC)c1OCC. The van der Waals surface area contributed by atoms with Crippen LogP contribution in [0.4, 0.5) is 5.13 Å². The van der Waals surface area contributed by atoms with Gasteiger partial charge in [-0.05, 0) is 51.1 Å². The summed E-state index contributed by atoms with van der Waals surface area (Å²) >= 11 is 13.4. The van der Waals surface area contributed by atoms with Gasteiger partial charge in [0.2, 0.25) is 10.9 Å². The molecule has 3 aromatic rings. The molecule has 0 saturated carbocycles. The summed E-state index contributed by atoms with van der Waals surface area (Å²) in [6, 6.07) is 8.33. The first-order valence-electron chi connectivity index (χ1n) is 9.63. The Kier molecular flexibility index (Phi) is 7.95. The summed E-state index contributed by atoms with van der Waals surface area (Å²) in [4.78, 5) is 12.9. The van der Waals surface area contributed by atoms with Crippen molar-refractivity contribution in [3.8, 4) is 27.8 Å². The summed E-state index contributed by atoms with van der Waals surface area (Å²) in [5, 5.41) is 12.8. The molecule has 0 aliphatic heterocycles. The van der Waals surface area contributed by atoms with E-state index in [0.717, 1.165) is 0 Å². The molecule has 0 unspecified atom stereocenters. The van der Waals surface area contributed by atoms with Crippen molar-refractivity contribution in [3.05, 3.63) is 45.9 Å². The smallest absolute Gasteiger partial charge is 0.257 e. The van der Waals surface area contributed by atoms with Crippen molar-refractivity contribution in [2.75, 3.05) is 25.1 Å². The van der Waals surface area contributed by atoms with Crippen LogP contribution in [0.1, 0.15) is 31.1 Å². The Balaban J connectivity index is 1.87. The van der Waals surface area contributed by atoms with E-state index in [2.05, 4.69) is 15.5 Å². The summed E-state index contributed by atoms with van der Waals surface area (Å²) in [5.41, 5.74) is 1.03. The molecule has 1 heterocycles. The molecular weight excluding hydrogens is 461 g/mol. The standard InChI is InChI=1S/C21H21Cl2N3O4S/c1-4-28-16-9-12(10-17(29-5-2)18(16)30-6-3)19(27)24-21-26-25-20(31-21)14-8-7-13(22)11-15(14)23/h7-11H,4-6H2,1-3H3,(H,24,26,27). The first-order chi connectivity index (χ1) is 15.0. The monoisotopic (exact) mass is 481 g/mol. The molecular formula is C21H21Cl2N3O4S. The number of benzene rings is 2. The Bertz CT molecular complexity index is 1050. The molecule has 7 nitrogen and oxygen atoms in total. The van der Waals surface area contributed by atoms with Gasteiger partial charge in [0, 0.05) is 16.1 Å². The lowest BCUT2D eigenvalue weighted by atomic mass is 10.1. The molecule has 0 fully saturated rings. The minimum atomic E-state index is -0.380. The van der Waals surface area contributed by atoms with Gasteiger partial charge in [0.1, 0.15) is 0 Å². The Morgan fingerprint density at radius 2 is 1.61 bits per heavy atom. The van der Waals surface area contributed by atoms with Crippen LogP contribution >= 0.6 is 34.5 Å². The van der Waals surface area contributed by atoms with E-state index in [1.807, 2.05) is 20.8 Å². The molecule has 1 aromatic heterocycles. The maximum Gasteiger partial charge on any atom is 0.257 e. The molecule has 2 aromatic carbocycles. The highest BCUT2D eigenvalue weighted by molar-refractivity contribution is 7.18. The third kappa shape index (κ3) is 5.58. The van der Waals surface area contributed by atoms with Gasteiger partial charge in [0.25, 0.3) is 5.91 Å². The zero-order valence-electron chi connectivity index (χ0n) is 17.2. The van der Waals surface area contributed by atoms with Gasteiger partial charge in [0.05, 0.1) is 24.8 Å². The Morgan fingerprint density at radius 1 is 0.968 bits per heavy atom. The molecule has 10 heteroatoms. The number of carbonyl (C=O) groups is 1. The summed E-state index contributed by atoms with van der Waals surface area (Å²) in [7, 11) is 0. The lowest BCUT2D eigenvalue weighted by Gasteiger charge is -2.16.